The molecule has 0 N–H and O–H groups in total. The number of nitrogens with zero attached hydrogens (tertiary/aromatic N) is 1. The molecule has 0 atom stereocenters. The topological polar surface area (TPSA) is 43.1 Å². The van der Waals surface area contributed by atoms with Gasteiger partial charge in [0.2, 0.25) is 0 Å². The van der Waals surface area contributed by atoms with Gasteiger partial charge in [-0.3, -0.25) is 10.1 Å². The summed E-state index contributed by atoms with van der Waals surface area (Å²) in [5.74, 6) is 2.92. The fourth-order valence-corrected chi connectivity index (χ4v) is 0.810. The van der Waals surface area contributed by atoms with Crippen molar-refractivity contribution < 1.29 is 18.1 Å². The summed E-state index contributed by atoms with van der Waals surface area (Å²) >= 11 is 0. The van der Waals surface area contributed by atoms with E-state index in [1.807, 2.05) is 5.92 Å². The molecule has 6 heteroatoms. The first kappa shape index (κ1) is 11.0. The monoisotopic (exact) mass is 215 g/mol. The van der Waals surface area contributed by atoms with Crippen LogP contribution >= 0.6 is 0 Å². The Labute approximate surface area is 82.7 Å². The molecule has 0 spiro atoms. The molecule has 1 rings (SSSR count). The van der Waals surface area contributed by atoms with Crippen LogP contribution in [0.15, 0.2) is 24.3 Å². The molecule has 0 bridgehead atoms. The van der Waals surface area contributed by atoms with Gasteiger partial charge in [0.25, 0.3) is 5.69 Å². The quantitative estimate of drug-likeness (QED) is 0.410. The van der Waals surface area contributed by atoms with Crippen molar-refractivity contribution >= 4 is 5.69 Å². The lowest BCUT2D eigenvalue weighted by Crippen LogP contribution is -2.01. The van der Waals surface area contributed by atoms with Gasteiger partial charge >= 0.3 is 6.18 Å². The predicted molar refractivity (Wildman–Crippen MR) is 46.0 cm³/mol. The number of nitro benzene ring substituents is 1. The van der Waals surface area contributed by atoms with Gasteiger partial charge in [0.05, 0.1) is 4.92 Å². The highest BCUT2D eigenvalue weighted by atomic mass is 19.4. The summed E-state index contributed by atoms with van der Waals surface area (Å²) in [5, 5.41) is 10.2. The van der Waals surface area contributed by atoms with Crippen molar-refractivity contribution in [2.75, 3.05) is 0 Å². The molecule has 0 unspecified atom stereocenters. The molecule has 15 heavy (non-hydrogen) atoms. The van der Waals surface area contributed by atoms with Crippen LogP contribution in [0, 0.1) is 22.0 Å². The fraction of sp³-hybridized carbons (Fsp3) is 0.111. The summed E-state index contributed by atoms with van der Waals surface area (Å²) < 4.78 is 35.0. The number of halogens is 3. The average molecular weight is 215 g/mol. The van der Waals surface area contributed by atoms with Crippen LogP contribution in [0.1, 0.15) is 5.56 Å². The lowest BCUT2D eigenvalue weighted by molar-refractivity contribution is -0.384. The minimum Gasteiger partial charge on any atom is -0.258 e. The highest BCUT2D eigenvalue weighted by molar-refractivity contribution is 5.41. The third-order valence-corrected chi connectivity index (χ3v) is 1.43. The summed E-state index contributed by atoms with van der Waals surface area (Å²) in [5.41, 5.74) is -0.106. The van der Waals surface area contributed by atoms with Crippen molar-refractivity contribution in [1.82, 2.24) is 0 Å². The summed E-state index contributed by atoms with van der Waals surface area (Å²) in [7, 11) is 0. The van der Waals surface area contributed by atoms with E-state index in [0.717, 1.165) is 30.2 Å². The molecule has 0 heterocycles. The summed E-state index contributed by atoms with van der Waals surface area (Å²) in [6.07, 6.45) is -4.55. The van der Waals surface area contributed by atoms with Crippen molar-refractivity contribution in [3.05, 3.63) is 39.9 Å². The van der Waals surface area contributed by atoms with E-state index in [-0.39, 0.29) is 11.3 Å². The molecule has 0 aliphatic carbocycles. The molecule has 0 aliphatic heterocycles. The number of hydrogen-bond donors (Lipinski definition) is 0. The number of rotatable bonds is 1. The Bertz CT molecular complexity index is 425. The van der Waals surface area contributed by atoms with E-state index in [2.05, 4.69) is 0 Å². The lowest BCUT2D eigenvalue weighted by atomic mass is 10.2. The Morgan fingerprint density at radius 3 is 2.13 bits per heavy atom. The highest BCUT2D eigenvalue weighted by Gasteiger charge is 2.22. The number of alkyl halides is 3. The molecule has 0 aromatic heterocycles. The molecule has 0 saturated carbocycles. The first-order valence-electron chi connectivity index (χ1n) is 3.73. The van der Waals surface area contributed by atoms with Crippen molar-refractivity contribution in [2.45, 2.75) is 6.18 Å². The van der Waals surface area contributed by atoms with Crippen LogP contribution in [0.5, 0.6) is 0 Å². The molecule has 0 fully saturated rings. The van der Waals surface area contributed by atoms with Gasteiger partial charge in [-0.25, -0.2) is 0 Å². The van der Waals surface area contributed by atoms with Crippen LogP contribution in [0.2, 0.25) is 0 Å². The SMILES string of the molecule is O=[N+]([O-])c1ccc(C#CC(F)(F)F)cc1. The molecule has 0 amide bonds. The first-order valence-corrected chi connectivity index (χ1v) is 3.73. The fourth-order valence-electron chi connectivity index (χ4n) is 0.810. The largest absolute Gasteiger partial charge is 0.458 e. The Hall–Kier alpha value is -2.03. The third kappa shape index (κ3) is 3.68. The first-order chi connectivity index (χ1) is 6.88. The van der Waals surface area contributed by atoms with Gasteiger partial charge in [-0.1, -0.05) is 5.92 Å². The van der Waals surface area contributed by atoms with Gasteiger partial charge in [-0.15, -0.1) is 0 Å². The van der Waals surface area contributed by atoms with Crippen LogP contribution in [-0.4, -0.2) is 11.1 Å². The molecule has 1 aromatic carbocycles. The molecule has 3 nitrogen and oxygen atoms in total. The Morgan fingerprint density at radius 1 is 1.20 bits per heavy atom. The van der Waals surface area contributed by atoms with Crippen molar-refractivity contribution in [2.24, 2.45) is 0 Å². The van der Waals surface area contributed by atoms with E-state index in [9.17, 15) is 23.3 Å². The van der Waals surface area contributed by atoms with Gasteiger partial charge < -0.3 is 0 Å². The van der Waals surface area contributed by atoms with Crippen molar-refractivity contribution in [3.63, 3.8) is 0 Å². The number of hydrogen-bond acceptors (Lipinski definition) is 2. The normalized spacial score (nSPS) is 10.3. The molecular weight excluding hydrogens is 211 g/mol. The van der Waals surface area contributed by atoms with Gasteiger partial charge in [-0.2, -0.15) is 13.2 Å². The van der Waals surface area contributed by atoms with Gasteiger partial charge in [0, 0.05) is 23.6 Å². The zero-order valence-corrected chi connectivity index (χ0v) is 7.21. The Morgan fingerprint density at radius 2 is 1.73 bits per heavy atom. The highest BCUT2D eigenvalue weighted by Crippen LogP contribution is 2.14. The second-order valence-corrected chi connectivity index (χ2v) is 2.55. The number of benzene rings is 1. The maximum absolute atomic E-state index is 11.7. The van der Waals surface area contributed by atoms with E-state index < -0.39 is 11.1 Å². The van der Waals surface area contributed by atoms with Crippen LogP contribution < -0.4 is 0 Å². The van der Waals surface area contributed by atoms with E-state index in [1.54, 1.807) is 0 Å². The van der Waals surface area contributed by atoms with Crippen LogP contribution in [0.25, 0.3) is 0 Å². The van der Waals surface area contributed by atoms with Crippen LogP contribution in [0.3, 0.4) is 0 Å². The van der Waals surface area contributed by atoms with Gasteiger partial charge in [0.1, 0.15) is 0 Å². The standard InChI is InChI=1S/C9H4F3NO2/c10-9(11,12)6-5-7-1-3-8(4-2-7)13(14)15/h1-4H. The molecule has 0 radical (unpaired) electrons. The van der Waals surface area contributed by atoms with Crippen molar-refractivity contribution in [1.29, 1.82) is 0 Å². The molecular formula is C9H4F3NO2. The number of nitro groups is 1. The van der Waals surface area contributed by atoms with Crippen LogP contribution in [-0.2, 0) is 0 Å². The van der Waals surface area contributed by atoms with Crippen LogP contribution in [0.4, 0.5) is 18.9 Å². The maximum Gasteiger partial charge on any atom is 0.458 e. The zero-order chi connectivity index (χ0) is 11.5. The molecule has 0 saturated heterocycles. The smallest absolute Gasteiger partial charge is 0.258 e. The molecule has 1 aromatic rings. The molecule has 0 aliphatic rings. The summed E-state index contributed by atoms with van der Waals surface area (Å²) in [4.78, 5) is 9.58. The molecule has 78 valence electrons. The zero-order valence-electron chi connectivity index (χ0n) is 7.21. The lowest BCUT2D eigenvalue weighted by Gasteiger charge is -1.93. The summed E-state index contributed by atoms with van der Waals surface area (Å²) in [6.45, 7) is 0. The van der Waals surface area contributed by atoms with E-state index in [4.69, 9.17) is 0 Å². The average Bonchev–Trinajstić information content (AvgIpc) is 2.14. The van der Waals surface area contributed by atoms with E-state index >= 15 is 0 Å². The van der Waals surface area contributed by atoms with Gasteiger partial charge in [0.15, 0.2) is 0 Å². The second kappa shape index (κ2) is 4.00. The predicted octanol–water partition coefficient (Wildman–Crippen LogP) is 2.51. The maximum atomic E-state index is 11.7. The summed E-state index contributed by atoms with van der Waals surface area (Å²) in [6, 6.07) is 4.52. The van der Waals surface area contributed by atoms with Crippen molar-refractivity contribution in [3.8, 4) is 11.8 Å². The third-order valence-electron chi connectivity index (χ3n) is 1.43. The second-order valence-electron chi connectivity index (χ2n) is 2.55. The Kier molecular flexibility index (Phi) is 2.95. The van der Waals surface area contributed by atoms with E-state index in [0.29, 0.717) is 0 Å². The van der Waals surface area contributed by atoms with Gasteiger partial charge in [-0.05, 0) is 12.1 Å². The van der Waals surface area contributed by atoms with E-state index in [1.165, 1.54) is 0 Å². The minimum absolute atomic E-state index is 0.0814. The minimum atomic E-state index is -4.55. The Balaban J connectivity index is 2.89. The number of non-ortho nitro benzene ring substituents is 1.